The standard InChI is InChI=1S/C10H24NO4P/c1-4-13-10(14-5-2)7-8-16(12,9-11)15-6-3/h10H,4-9,11H2,1-3H3. The molecule has 0 saturated carbocycles. The highest BCUT2D eigenvalue weighted by Gasteiger charge is 2.22. The lowest BCUT2D eigenvalue weighted by atomic mass is 10.5. The van der Waals surface area contributed by atoms with E-state index < -0.39 is 7.37 Å². The van der Waals surface area contributed by atoms with Crippen LogP contribution in [0.3, 0.4) is 0 Å². The highest BCUT2D eigenvalue weighted by atomic mass is 31.2. The maximum atomic E-state index is 12.0. The lowest BCUT2D eigenvalue weighted by Crippen LogP contribution is -2.20. The van der Waals surface area contributed by atoms with Gasteiger partial charge >= 0.3 is 0 Å². The van der Waals surface area contributed by atoms with Gasteiger partial charge in [-0.2, -0.15) is 0 Å². The third kappa shape index (κ3) is 6.61. The molecule has 1 atom stereocenters. The first-order chi connectivity index (χ1) is 7.61. The second-order valence-electron chi connectivity index (χ2n) is 3.27. The van der Waals surface area contributed by atoms with Gasteiger partial charge in [0.1, 0.15) is 0 Å². The zero-order chi connectivity index (χ0) is 12.4. The summed E-state index contributed by atoms with van der Waals surface area (Å²) in [7, 11) is -2.68. The van der Waals surface area contributed by atoms with E-state index in [4.69, 9.17) is 19.7 Å². The van der Waals surface area contributed by atoms with Crippen molar-refractivity contribution in [2.24, 2.45) is 5.73 Å². The van der Waals surface area contributed by atoms with E-state index in [2.05, 4.69) is 0 Å². The molecule has 0 fully saturated rings. The first-order valence-electron chi connectivity index (χ1n) is 5.77. The Morgan fingerprint density at radius 2 is 1.69 bits per heavy atom. The Kier molecular flexibility index (Phi) is 9.18. The minimum Gasteiger partial charge on any atom is -0.353 e. The van der Waals surface area contributed by atoms with Crippen molar-refractivity contribution in [3.63, 3.8) is 0 Å². The monoisotopic (exact) mass is 253 g/mol. The molecule has 2 N–H and O–H groups in total. The van der Waals surface area contributed by atoms with Gasteiger partial charge in [0.25, 0.3) is 0 Å². The lowest BCUT2D eigenvalue weighted by Gasteiger charge is -2.20. The molecule has 0 aliphatic rings. The van der Waals surface area contributed by atoms with Gasteiger partial charge in [-0.1, -0.05) is 0 Å². The van der Waals surface area contributed by atoms with Gasteiger partial charge in [-0.15, -0.1) is 0 Å². The van der Waals surface area contributed by atoms with Gasteiger partial charge < -0.3 is 19.7 Å². The molecule has 0 aromatic rings. The molecule has 0 heterocycles. The molecule has 0 radical (unpaired) electrons. The van der Waals surface area contributed by atoms with Crippen molar-refractivity contribution in [3.8, 4) is 0 Å². The van der Waals surface area contributed by atoms with Gasteiger partial charge in [-0.05, 0) is 20.8 Å². The molecule has 0 spiro atoms. The number of hydrogen-bond acceptors (Lipinski definition) is 5. The quantitative estimate of drug-likeness (QED) is 0.476. The van der Waals surface area contributed by atoms with Crippen LogP contribution in [0.25, 0.3) is 0 Å². The van der Waals surface area contributed by atoms with Gasteiger partial charge in [0.05, 0.1) is 12.9 Å². The van der Waals surface area contributed by atoms with Gasteiger partial charge in [0.15, 0.2) is 6.29 Å². The van der Waals surface area contributed by atoms with Crippen molar-refractivity contribution in [2.75, 3.05) is 32.3 Å². The summed E-state index contributed by atoms with van der Waals surface area (Å²) in [6.07, 6.45) is 0.722. The summed E-state index contributed by atoms with van der Waals surface area (Å²) < 4.78 is 28.0. The Morgan fingerprint density at radius 3 is 2.06 bits per heavy atom. The molecule has 0 rings (SSSR count). The summed E-state index contributed by atoms with van der Waals surface area (Å²) in [5.41, 5.74) is 5.46. The normalized spacial score (nSPS) is 15.3. The van der Waals surface area contributed by atoms with Crippen LogP contribution in [0, 0.1) is 0 Å². The first-order valence-corrected chi connectivity index (χ1v) is 7.77. The van der Waals surface area contributed by atoms with Crippen LogP contribution in [-0.2, 0) is 18.6 Å². The van der Waals surface area contributed by atoms with Crippen molar-refractivity contribution in [2.45, 2.75) is 33.5 Å². The molecule has 0 aliphatic carbocycles. The van der Waals surface area contributed by atoms with Crippen molar-refractivity contribution in [1.29, 1.82) is 0 Å². The minimum absolute atomic E-state index is 0.0752. The average molecular weight is 253 g/mol. The molecule has 1 unspecified atom stereocenters. The van der Waals surface area contributed by atoms with E-state index in [1.807, 2.05) is 20.8 Å². The predicted octanol–water partition coefficient (Wildman–Crippen LogP) is 2.01. The third-order valence-electron chi connectivity index (χ3n) is 2.05. The summed E-state index contributed by atoms with van der Waals surface area (Å²) in [6, 6.07) is 0. The molecule has 0 saturated heterocycles. The predicted molar refractivity (Wildman–Crippen MR) is 64.8 cm³/mol. The summed E-state index contributed by atoms with van der Waals surface area (Å²) in [5.74, 6) is 0. The van der Waals surface area contributed by atoms with Crippen molar-refractivity contribution in [1.82, 2.24) is 0 Å². The second kappa shape index (κ2) is 9.14. The maximum Gasteiger partial charge on any atom is 0.216 e. The molecule has 0 amide bonds. The van der Waals surface area contributed by atoms with E-state index in [-0.39, 0.29) is 12.6 Å². The Hall–Kier alpha value is 0.0700. The SMILES string of the molecule is CCOC(CCP(=O)(CN)OCC)OCC. The largest absolute Gasteiger partial charge is 0.353 e. The molecular formula is C10H24NO4P. The van der Waals surface area contributed by atoms with Gasteiger partial charge in [-0.25, -0.2) is 0 Å². The van der Waals surface area contributed by atoms with Crippen LogP contribution >= 0.6 is 7.37 Å². The molecule has 0 bridgehead atoms. The molecule has 0 aromatic heterocycles. The van der Waals surface area contributed by atoms with Crippen LogP contribution in [0.1, 0.15) is 27.2 Å². The summed E-state index contributed by atoms with van der Waals surface area (Å²) in [5, 5.41) is 0. The van der Waals surface area contributed by atoms with E-state index in [1.165, 1.54) is 0 Å². The van der Waals surface area contributed by atoms with E-state index in [0.717, 1.165) is 0 Å². The topological polar surface area (TPSA) is 70.8 Å². The van der Waals surface area contributed by atoms with Crippen molar-refractivity contribution in [3.05, 3.63) is 0 Å². The summed E-state index contributed by atoms with van der Waals surface area (Å²) in [6.45, 7) is 7.18. The molecule has 5 nitrogen and oxygen atoms in total. The Bertz CT molecular complexity index is 207. The highest BCUT2D eigenvalue weighted by molar-refractivity contribution is 7.58. The Labute approximate surface area is 98.1 Å². The maximum absolute atomic E-state index is 12.0. The fourth-order valence-electron chi connectivity index (χ4n) is 1.33. The smallest absolute Gasteiger partial charge is 0.216 e. The number of rotatable bonds is 10. The van der Waals surface area contributed by atoms with Crippen LogP contribution < -0.4 is 5.73 Å². The van der Waals surface area contributed by atoms with Crippen LogP contribution in [0.5, 0.6) is 0 Å². The number of nitrogens with two attached hydrogens (primary N) is 1. The fraction of sp³-hybridized carbons (Fsp3) is 1.00. The molecule has 98 valence electrons. The fourth-order valence-corrected chi connectivity index (χ4v) is 2.82. The van der Waals surface area contributed by atoms with Gasteiger partial charge in [-0.3, -0.25) is 4.57 Å². The minimum atomic E-state index is -2.68. The van der Waals surface area contributed by atoms with E-state index in [9.17, 15) is 4.57 Å². The molecular weight excluding hydrogens is 229 g/mol. The van der Waals surface area contributed by atoms with E-state index in [0.29, 0.717) is 32.4 Å². The molecule has 6 heteroatoms. The van der Waals surface area contributed by atoms with E-state index >= 15 is 0 Å². The molecule has 0 aliphatic heterocycles. The first kappa shape index (κ1) is 16.1. The lowest BCUT2D eigenvalue weighted by molar-refractivity contribution is -0.136. The third-order valence-corrected chi connectivity index (χ3v) is 4.28. The summed E-state index contributed by atoms with van der Waals surface area (Å²) >= 11 is 0. The highest BCUT2D eigenvalue weighted by Crippen LogP contribution is 2.45. The molecule has 16 heavy (non-hydrogen) atoms. The second-order valence-corrected chi connectivity index (χ2v) is 5.97. The zero-order valence-electron chi connectivity index (χ0n) is 10.5. The zero-order valence-corrected chi connectivity index (χ0v) is 11.4. The van der Waals surface area contributed by atoms with Crippen LogP contribution in [0.4, 0.5) is 0 Å². The van der Waals surface area contributed by atoms with Crippen molar-refractivity contribution < 1.29 is 18.6 Å². The average Bonchev–Trinajstić information content (AvgIpc) is 2.27. The van der Waals surface area contributed by atoms with Crippen LogP contribution in [-0.4, -0.2) is 38.6 Å². The Morgan fingerprint density at radius 1 is 1.12 bits per heavy atom. The number of ether oxygens (including phenoxy) is 2. The van der Waals surface area contributed by atoms with Crippen LogP contribution in [0.2, 0.25) is 0 Å². The van der Waals surface area contributed by atoms with Crippen molar-refractivity contribution >= 4 is 7.37 Å². The van der Waals surface area contributed by atoms with E-state index in [1.54, 1.807) is 0 Å². The molecule has 0 aromatic carbocycles. The van der Waals surface area contributed by atoms with Gasteiger partial charge in [0, 0.05) is 25.8 Å². The Balaban J connectivity index is 4.09. The van der Waals surface area contributed by atoms with Crippen LogP contribution in [0.15, 0.2) is 0 Å². The van der Waals surface area contributed by atoms with Gasteiger partial charge in [0.2, 0.25) is 7.37 Å². The summed E-state index contributed by atoms with van der Waals surface area (Å²) in [4.78, 5) is 0. The number of hydrogen-bond donors (Lipinski definition) is 1.